The predicted molar refractivity (Wildman–Crippen MR) is 88.2 cm³/mol. The van der Waals surface area contributed by atoms with Crippen LogP contribution in [0.5, 0.6) is 0 Å². The number of aliphatic hydroxyl groups excluding tert-OH is 2. The van der Waals surface area contributed by atoms with E-state index in [1.807, 2.05) is 0 Å². The molecule has 0 bridgehead atoms. The van der Waals surface area contributed by atoms with E-state index in [9.17, 15) is 24.2 Å². The molecule has 1 aromatic carbocycles. The van der Waals surface area contributed by atoms with Crippen LogP contribution in [-0.2, 0) is 4.74 Å². The Morgan fingerprint density at radius 3 is 2.44 bits per heavy atom. The van der Waals surface area contributed by atoms with Gasteiger partial charge in [0.25, 0.3) is 0 Å². The summed E-state index contributed by atoms with van der Waals surface area (Å²) in [6, 6.07) is 1.63. The number of carbonyl (C=O) groups is 2. The Morgan fingerprint density at radius 1 is 1.32 bits per heavy atom. The van der Waals surface area contributed by atoms with Crippen LogP contribution in [0, 0.1) is 5.82 Å². The van der Waals surface area contributed by atoms with E-state index in [0.29, 0.717) is 6.07 Å². The quantitative estimate of drug-likeness (QED) is 0.605. The molecule has 25 heavy (non-hydrogen) atoms. The number of amides is 1. The zero-order chi connectivity index (χ0) is 19.4. The van der Waals surface area contributed by atoms with Crippen LogP contribution >= 0.6 is 11.6 Å². The molecule has 0 aliphatic rings. The Kier molecular flexibility index (Phi) is 7.16. The Balaban J connectivity index is 2.68. The summed E-state index contributed by atoms with van der Waals surface area (Å²) >= 11 is 5.74. The number of nitrogens with one attached hydrogen (secondary N) is 1. The largest absolute Gasteiger partial charge is 0.478 e. The molecule has 0 radical (unpaired) electrons. The van der Waals surface area contributed by atoms with Gasteiger partial charge >= 0.3 is 12.1 Å². The highest BCUT2D eigenvalue weighted by Gasteiger charge is 2.24. The smallest absolute Gasteiger partial charge is 0.407 e. The zero-order valence-electron chi connectivity index (χ0n) is 14.0. The second-order valence-electron chi connectivity index (χ2n) is 6.39. The molecule has 9 heteroatoms. The average Bonchev–Trinajstić information content (AvgIpc) is 2.46. The number of hydrogen-bond donors (Lipinski definition) is 4. The number of benzene rings is 1. The lowest BCUT2D eigenvalue weighted by Crippen LogP contribution is -2.34. The molecule has 0 fully saturated rings. The Hall–Kier alpha value is -1.90. The first-order valence-electron chi connectivity index (χ1n) is 7.47. The van der Waals surface area contributed by atoms with Crippen molar-refractivity contribution in [1.82, 2.24) is 5.32 Å². The van der Waals surface area contributed by atoms with Crippen LogP contribution in [0.2, 0.25) is 5.02 Å². The van der Waals surface area contributed by atoms with Crippen LogP contribution in [0.1, 0.15) is 49.2 Å². The lowest BCUT2D eigenvalue weighted by Gasteiger charge is -2.21. The molecule has 0 spiro atoms. The van der Waals surface area contributed by atoms with Crippen molar-refractivity contribution in [1.29, 1.82) is 0 Å². The second-order valence-corrected chi connectivity index (χ2v) is 6.80. The third kappa shape index (κ3) is 6.49. The average molecular weight is 378 g/mol. The SMILES string of the molecule is CC(C)(C)OC(=O)NCCC(O)C(O)c1cc(Cl)c(C(=O)O)cc1F. The fourth-order valence-electron chi connectivity index (χ4n) is 1.95. The van der Waals surface area contributed by atoms with E-state index >= 15 is 0 Å². The van der Waals surface area contributed by atoms with Crippen molar-refractivity contribution in [3.8, 4) is 0 Å². The van der Waals surface area contributed by atoms with Crippen LogP contribution in [0.25, 0.3) is 0 Å². The number of aromatic carboxylic acids is 1. The van der Waals surface area contributed by atoms with Gasteiger partial charge in [0.1, 0.15) is 17.5 Å². The van der Waals surface area contributed by atoms with Crippen molar-refractivity contribution in [2.45, 2.75) is 45.0 Å². The summed E-state index contributed by atoms with van der Waals surface area (Å²) in [6.07, 6.45) is -3.82. The highest BCUT2D eigenvalue weighted by Crippen LogP contribution is 2.28. The lowest BCUT2D eigenvalue weighted by atomic mass is 10.00. The zero-order valence-corrected chi connectivity index (χ0v) is 14.8. The number of carbonyl (C=O) groups excluding carboxylic acids is 1. The van der Waals surface area contributed by atoms with Gasteiger partial charge in [0, 0.05) is 12.1 Å². The van der Waals surface area contributed by atoms with Gasteiger partial charge in [-0.05, 0) is 39.3 Å². The third-order valence-electron chi connectivity index (χ3n) is 3.11. The van der Waals surface area contributed by atoms with Gasteiger partial charge in [0.05, 0.1) is 16.7 Å². The number of carboxylic acid groups (broad SMARTS) is 1. The van der Waals surface area contributed by atoms with Gasteiger partial charge in [-0.2, -0.15) is 0 Å². The van der Waals surface area contributed by atoms with Crippen molar-refractivity contribution in [2.75, 3.05) is 6.54 Å². The van der Waals surface area contributed by atoms with Crippen molar-refractivity contribution in [3.63, 3.8) is 0 Å². The van der Waals surface area contributed by atoms with Gasteiger partial charge in [-0.1, -0.05) is 11.6 Å². The Labute approximate surface area is 149 Å². The molecule has 0 aliphatic carbocycles. The highest BCUT2D eigenvalue weighted by atomic mass is 35.5. The van der Waals surface area contributed by atoms with Crippen LogP contribution in [-0.4, -0.2) is 45.6 Å². The van der Waals surface area contributed by atoms with E-state index in [1.165, 1.54) is 0 Å². The van der Waals surface area contributed by atoms with Crippen molar-refractivity contribution < 1.29 is 34.0 Å². The number of aliphatic hydroxyl groups is 2. The summed E-state index contributed by atoms with van der Waals surface area (Å²) in [5.41, 5.74) is -1.45. The maximum Gasteiger partial charge on any atom is 0.407 e. The molecule has 1 amide bonds. The van der Waals surface area contributed by atoms with Crippen LogP contribution < -0.4 is 5.32 Å². The molecule has 7 nitrogen and oxygen atoms in total. The fraction of sp³-hybridized carbons (Fsp3) is 0.500. The molecule has 0 saturated heterocycles. The van der Waals surface area contributed by atoms with Crippen LogP contribution in [0.3, 0.4) is 0 Å². The van der Waals surface area contributed by atoms with Crippen molar-refractivity contribution >= 4 is 23.7 Å². The van der Waals surface area contributed by atoms with E-state index in [2.05, 4.69) is 5.32 Å². The van der Waals surface area contributed by atoms with Crippen molar-refractivity contribution in [2.24, 2.45) is 0 Å². The number of hydrogen-bond acceptors (Lipinski definition) is 5. The van der Waals surface area contributed by atoms with E-state index in [0.717, 1.165) is 6.07 Å². The standard InChI is InChI=1S/C16H21ClFNO6/c1-16(2,3)25-15(24)19-5-4-12(20)13(21)9-6-10(17)8(14(22)23)7-11(9)18/h6-7,12-13,20-21H,4-5H2,1-3H3,(H,19,24)(H,22,23). The monoisotopic (exact) mass is 377 g/mol. The van der Waals surface area contributed by atoms with Crippen LogP contribution in [0.4, 0.5) is 9.18 Å². The molecule has 2 atom stereocenters. The maximum absolute atomic E-state index is 14.0. The molecule has 140 valence electrons. The topological polar surface area (TPSA) is 116 Å². The van der Waals surface area contributed by atoms with Crippen molar-refractivity contribution in [3.05, 3.63) is 34.1 Å². The third-order valence-corrected chi connectivity index (χ3v) is 3.42. The van der Waals surface area contributed by atoms with E-state index in [4.69, 9.17) is 21.4 Å². The Bertz CT molecular complexity index is 646. The van der Waals surface area contributed by atoms with E-state index < -0.39 is 41.3 Å². The molecule has 4 N–H and O–H groups in total. The number of ether oxygens (including phenoxy) is 1. The van der Waals surface area contributed by atoms with E-state index in [1.54, 1.807) is 20.8 Å². The molecule has 0 saturated carbocycles. The number of carboxylic acids is 1. The summed E-state index contributed by atoms with van der Waals surface area (Å²) in [5, 5.41) is 31.0. The summed E-state index contributed by atoms with van der Waals surface area (Å²) in [4.78, 5) is 22.3. The molecule has 0 aromatic heterocycles. The van der Waals surface area contributed by atoms with Crippen LogP contribution in [0.15, 0.2) is 12.1 Å². The normalized spacial score (nSPS) is 13.9. The lowest BCUT2D eigenvalue weighted by molar-refractivity contribution is 0.0104. The summed E-state index contributed by atoms with van der Waals surface area (Å²) < 4.78 is 19.0. The van der Waals surface area contributed by atoms with Gasteiger partial charge in [0.2, 0.25) is 0 Å². The minimum atomic E-state index is -1.64. The highest BCUT2D eigenvalue weighted by molar-refractivity contribution is 6.33. The predicted octanol–water partition coefficient (Wildman–Crippen LogP) is 2.49. The summed E-state index contributed by atoms with van der Waals surface area (Å²) in [5.74, 6) is -2.42. The molecule has 0 heterocycles. The Morgan fingerprint density at radius 2 is 1.92 bits per heavy atom. The molecule has 1 rings (SSSR count). The summed E-state index contributed by atoms with van der Waals surface area (Å²) in [6.45, 7) is 5.06. The first-order chi connectivity index (χ1) is 11.4. The maximum atomic E-state index is 14.0. The minimum absolute atomic E-state index is 0.0182. The van der Waals surface area contributed by atoms with Gasteiger partial charge in [-0.3, -0.25) is 0 Å². The molecular formula is C16H21ClFNO6. The molecular weight excluding hydrogens is 357 g/mol. The first kappa shape index (κ1) is 21.1. The first-order valence-corrected chi connectivity index (χ1v) is 7.85. The molecule has 0 aliphatic heterocycles. The van der Waals surface area contributed by atoms with Gasteiger partial charge < -0.3 is 25.4 Å². The number of rotatable bonds is 6. The van der Waals surface area contributed by atoms with E-state index in [-0.39, 0.29) is 23.6 Å². The molecule has 1 aromatic rings. The molecule has 2 unspecified atom stereocenters. The van der Waals surface area contributed by atoms with Gasteiger partial charge in [0.15, 0.2) is 0 Å². The van der Waals surface area contributed by atoms with Gasteiger partial charge in [-0.25, -0.2) is 14.0 Å². The summed E-state index contributed by atoms with van der Waals surface area (Å²) in [7, 11) is 0. The number of alkyl carbamates (subject to hydrolysis) is 1. The second kappa shape index (κ2) is 8.46. The minimum Gasteiger partial charge on any atom is -0.478 e. The number of halogens is 2. The fourth-order valence-corrected chi connectivity index (χ4v) is 2.21. The van der Waals surface area contributed by atoms with Gasteiger partial charge in [-0.15, -0.1) is 0 Å².